The first kappa shape index (κ1) is 12.9. The van der Waals surface area contributed by atoms with Crippen LogP contribution in [0.1, 0.15) is 12.5 Å². The topological polar surface area (TPSA) is 39.1 Å². The van der Waals surface area contributed by atoms with Crippen LogP contribution in [0.25, 0.3) is 10.9 Å². The zero-order valence-corrected chi connectivity index (χ0v) is 12.0. The molecule has 0 saturated heterocycles. The summed E-state index contributed by atoms with van der Waals surface area (Å²) in [5.74, 6) is 0. The van der Waals surface area contributed by atoms with Crippen LogP contribution in [0.4, 0.5) is 0 Å². The van der Waals surface area contributed by atoms with Crippen molar-refractivity contribution in [3.05, 3.63) is 66.4 Å². The van der Waals surface area contributed by atoms with Gasteiger partial charge in [0.2, 0.25) is 0 Å². The van der Waals surface area contributed by atoms with Crippen LogP contribution < -0.4 is 0 Å². The molecule has 0 radical (unpaired) electrons. The molecular formula is C16H15NO2S. The second-order valence-corrected chi connectivity index (χ2v) is 6.45. The Balaban J connectivity index is 2.26. The third-order valence-corrected chi connectivity index (χ3v) is 5.17. The van der Waals surface area contributed by atoms with Gasteiger partial charge in [-0.05, 0) is 36.2 Å². The molecule has 0 unspecified atom stereocenters. The summed E-state index contributed by atoms with van der Waals surface area (Å²) < 4.78 is 26.7. The Morgan fingerprint density at radius 3 is 2.40 bits per heavy atom. The fraction of sp³-hybridized carbons (Fsp3) is 0.125. The van der Waals surface area contributed by atoms with Crippen molar-refractivity contribution in [3.8, 4) is 0 Å². The van der Waals surface area contributed by atoms with E-state index in [1.165, 1.54) is 3.97 Å². The van der Waals surface area contributed by atoms with Gasteiger partial charge in [-0.2, -0.15) is 0 Å². The van der Waals surface area contributed by atoms with Crippen LogP contribution in [0.3, 0.4) is 0 Å². The van der Waals surface area contributed by atoms with Gasteiger partial charge in [-0.3, -0.25) is 0 Å². The molecule has 0 fully saturated rings. The van der Waals surface area contributed by atoms with E-state index in [-0.39, 0.29) is 0 Å². The molecule has 2 aromatic carbocycles. The molecule has 3 nitrogen and oxygen atoms in total. The average Bonchev–Trinajstić information content (AvgIpc) is 2.92. The van der Waals surface area contributed by atoms with E-state index in [4.69, 9.17) is 0 Å². The largest absolute Gasteiger partial charge is 0.268 e. The van der Waals surface area contributed by atoms with Gasteiger partial charge in [0.25, 0.3) is 10.0 Å². The van der Waals surface area contributed by atoms with Crippen LogP contribution >= 0.6 is 0 Å². The molecule has 0 atom stereocenters. The zero-order valence-electron chi connectivity index (χ0n) is 11.2. The van der Waals surface area contributed by atoms with Crippen molar-refractivity contribution in [2.75, 3.05) is 0 Å². The van der Waals surface area contributed by atoms with Gasteiger partial charge in [-0.15, -0.1) is 0 Å². The summed E-state index contributed by atoms with van der Waals surface area (Å²) in [6.45, 7) is 2.07. The van der Waals surface area contributed by atoms with Crippen LogP contribution in [-0.4, -0.2) is 12.4 Å². The van der Waals surface area contributed by atoms with Crippen molar-refractivity contribution in [2.45, 2.75) is 18.2 Å². The van der Waals surface area contributed by atoms with Crippen molar-refractivity contribution in [3.63, 3.8) is 0 Å². The molecule has 1 aromatic heterocycles. The molecule has 3 rings (SSSR count). The minimum Gasteiger partial charge on any atom is -0.241 e. The van der Waals surface area contributed by atoms with E-state index in [1.807, 2.05) is 30.3 Å². The molecule has 4 heteroatoms. The van der Waals surface area contributed by atoms with Gasteiger partial charge in [0.05, 0.1) is 10.4 Å². The molecule has 0 spiro atoms. The summed E-state index contributed by atoms with van der Waals surface area (Å²) in [6.07, 6.45) is 2.51. The molecule has 1 heterocycles. The minimum atomic E-state index is -3.53. The molecule has 0 amide bonds. The second-order valence-electron chi connectivity index (χ2n) is 4.63. The molecule has 0 aliphatic carbocycles. The van der Waals surface area contributed by atoms with Crippen molar-refractivity contribution >= 4 is 20.9 Å². The van der Waals surface area contributed by atoms with E-state index in [0.717, 1.165) is 22.9 Å². The van der Waals surface area contributed by atoms with Crippen LogP contribution in [0.15, 0.2) is 65.7 Å². The molecule has 0 aliphatic rings. The maximum Gasteiger partial charge on any atom is 0.268 e. The van der Waals surface area contributed by atoms with Crippen molar-refractivity contribution in [1.82, 2.24) is 3.97 Å². The number of hydrogen-bond donors (Lipinski definition) is 0. The first-order valence-electron chi connectivity index (χ1n) is 6.54. The predicted octanol–water partition coefficient (Wildman–Crippen LogP) is 3.44. The Kier molecular flexibility index (Phi) is 3.10. The summed E-state index contributed by atoms with van der Waals surface area (Å²) in [5.41, 5.74) is 1.89. The standard InChI is InChI=1S/C16H15NO2S/c1-2-13-7-6-10-16-15(13)11-12-17(16)20(18,19)14-8-4-3-5-9-14/h3-12H,2H2,1H3. The number of aryl methyl sites for hydroxylation is 1. The van der Waals surface area contributed by atoms with Gasteiger partial charge in [0.15, 0.2) is 0 Å². The van der Waals surface area contributed by atoms with Gasteiger partial charge >= 0.3 is 0 Å². The Labute approximate surface area is 118 Å². The molecular weight excluding hydrogens is 270 g/mol. The third-order valence-electron chi connectivity index (χ3n) is 3.47. The Hall–Kier alpha value is -2.07. The lowest BCUT2D eigenvalue weighted by molar-refractivity contribution is 0.589. The fourth-order valence-electron chi connectivity index (χ4n) is 2.43. The highest BCUT2D eigenvalue weighted by Gasteiger charge is 2.18. The van der Waals surface area contributed by atoms with Gasteiger partial charge in [-0.1, -0.05) is 37.3 Å². The Morgan fingerprint density at radius 1 is 0.950 bits per heavy atom. The maximum atomic E-state index is 12.7. The van der Waals surface area contributed by atoms with Crippen LogP contribution in [0.2, 0.25) is 0 Å². The van der Waals surface area contributed by atoms with E-state index in [0.29, 0.717) is 4.90 Å². The molecule has 3 aromatic rings. The van der Waals surface area contributed by atoms with Gasteiger partial charge in [-0.25, -0.2) is 12.4 Å². The fourth-order valence-corrected chi connectivity index (χ4v) is 3.80. The van der Waals surface area contributed by atoms with Crippen LogP contribution in [0.5, 0.6) is 0 Å². The second kappa shape index (κ2) is 4.80. The van der Waals surface area contributed by atoms with E-state index in [2.05, 4.69) is 6.92 Å². The number of hydrogen-bond acceptors (Lipinski definition) is 2. The number of fused-ring (bicyclic) bond motifs is 1. The molecule has 0 N–H and O–H groups in total. The SMILES string of the molecule is CCc1cccc2c1ccn2S(=O)(=O)c1ccccc1. The molecule has 102 valence electrons. The van der Waals surface area contributed by atoms with E-state index >= 15 is 0 Å². The summed E-state index contributed by atoms with van der Waals surface area (Å²) in [5, 5.41) is 0.995. The molecule has 0 bridgehead atoms. The van der Waals surface area contributed by atoms with Crippen LogP contribution in [0, 0.1) is 0 Å². The number of aromatic nitrogens is 1. The van der Waals surface area contributed by atoms with Gasteiger partial charge in [0, 0.05) is 11.6 Å². The van der Waals surface area contributed by atoms with Crippen molar-refractivity contribution in [1.29, 1.82) is 0 Å². The highest BCUT2D eigenvalue weighted by atomic mass is 32.2. The predicted molar refractivity (Wildman–Crippen MR) is 80.3 cm³/mol. The Morgan fingerprint density at radius 2 is 1.70 bits per heavy atom. The van der Waals surface area contributed by atoms with Crippen molar-refractivity contribution in [2.24, 2.45) is 0 Å². The number of benzene rings is 2. The van der Waals surface area contributed by atoms with E-state index < -0.39 is 10.0 Å². The zero-order chi connectivity index (χ0) is 14.2. The summed E-state index contributed by atoms with van der Waals surface area (Å²) >= 11 is 0. The highest BCUT2D eigenvalue weighted by Crippen LogP contribution is 2.24. The average molecular weight is 285 g/mol. The monoisotopic (exact) mass is 285 g/mol. The summed E-state index contributed by atoms with van der Waals surface area (Å²) in [7, 11) is -3.53. The Bertz CT molecular complexity index is 849. The lowest BCUT2D eigenvalue weighted by Gasteiger charge is -2.08. The van der Waals surface area contributed by atoms with E-state index in [1.54, 1.807) is 30.5 Å². The summed E-state index contributed by atoms with van der Waals surface area (Å²) in [4.78, 5) is 0.305. The third kappa shape index (κ3) is 1.93. The normalized spacial score (nSPS) is 11.8. The van der Waals surface area contributed by atoms with Crippen LogP contribution in [-0.2, 0) is 16.4 Å². The number of rotatable bonds is 3. The first-order chi connectivity index (χ1) is 9.64. The van der Waals surface area contributed by atoms with Gasteiger partial charge in [0.1, 0.15) is 0 Å². The lowest BCUT2D eigenvalue weighted by atomic mass is 10.1. The smallest absolute Gasteiger partial charge is 0.241 e. The lowest BCUT2D eigenvalue weighted by Crippen LogP contribution is -2.11. The molecule has 0 saturated carbocycles. The number of nitrogens with zero attached hydrogens (tertiary/aromatic N) is 1. The van der Waals surface area contributed by atoms with Crippen molar-refractivity contribution < 1.29 is 8.42 Å². The summed E-state index contributed by atoms with van der Waals surface area (Å²) in [6, 6.07) is 16.1. The first-order valence-corrected chi connectivity index (χ1v) is 7.98. The molecule has 20 heavy (non-hydrogen) atoms. The quantitative estimate of drug-likeness (QED) is 0.739. The van der Waals surface area contributed by atoms with E-state index in [9.17, 15) is 8.42 Å². The maximum absolute atomic E-state index is 12.7. The minimum absolute atomic E-state index is 0.305. The molecule has 0 aliphatic heterocycles. The highest BCUT2D eigenvalue weighted by molar-refractivity contribution is 7.90. The van der Waals surface area contributed by atoms with Gasteiger partial charge < -0.3 is 0 Å².